The first kappa shape index (κ1) is 11.4. The van der Waals surface area contributed by atoms with Crippen LogP contribution in [0.5, 0.6) is 0 Å². The highest BCUT2D eigenvalue weighted by Gasteiger charge is 2.09. The minimum atomic E-state index is -0.733. The van der Waals surface area contributed by atoms with Crippen molar-refractivity contribution in [2.75, 3.05) is 0 Å². The molecule has 0 amide bonds. The largest absolute Gasteiger partial charge is 0.321 e. The maximum Gasteiger partial charge on any atom is 0.321 e. The molecule has 1 heterocycles. The van der Waals surface area contributed by atoms with Crippen molar-refractivity contribution in [3.63, 3.8) is 0 Å². The lowest BCUT2D eigenvalue weighted by Gasteiger charge is -2.09. The average molecular weight is 256 g/mol. The lowest BCUT2D eigenvalue weighted by atomic mass is 10.2. The van der Waals surface area contributed by atoms with Crippen molar-refractivity contribution >= 4 is 11.0 Å². The van der Waals surface area contributed by atoms with Crippen molar-refractivity contribution in [2.24, 2.45) is 0 Å². The SMILES string of the molecule is O=c1[nH]c2ccc(F)cc2n(-c2ccccc2)c1=O. The summed E-state index contributed by atoms with van der Waals surface area (Å²) in [6.45, 7) is 0. The fraction of sp³-hybridized carbons (Fsp3) is 0. The first-order valence-electron chi connectivity index (χ1n) is 5.67. The van der Waals surface area contributed by atoms with E-state index in [2.05, 4.69) is 4.98 Å². The summed E-state index contributed by atoms with van der Waals surface area (Å²) in [7, 11) is 0. The Hall–Kier alpha value is -2.69. The first-order valence-corrected chi connectivity index (χ1v) is 5.67. The van der Waals surface area contributed by atoms with Crippen molar-refractivity contribution < 1.29 is 4.39 Å². The number of hydrogen-bond donors (Lipinski definition) is 1. The van der Waals surface area contributed by atoms with Crippen LogP contribution in [0.25, 0.3) is 16.7 Å². The van der Waals surface area contributed by atoms with Crippen molar-refractivity contribution in [1.29, 1.82) is 0 Å². The van der Waals surface area contributed by atoms with Crippen LogP contribution < -0.4 is 11.1 Å². The van der Waals surface area contributed by atoms with Crippen molar-refractivity contribution in [3.05, 3.63) is 75.1 Å². The van der Waals surface area contributed by atoms with E-state index in [9.17, 15) is 14.0 Å². The van der Waals surface area contributed by atoms with E-state index in [1.54, 1.807) is 30.3 Å². The topological polar surface area (TPSA) is 54.9 Å². The molecule has 3 aromatic rings. The summed E-state index contributed by atoms with van der Waals surface area (Å²) in [5.74, 6) is -0.469. The number of halogens is 1. The van der Waals surface area contributed by atoms with Gasteiger partial charge in [0, 0.05) is 11.8 Å². The molecule has 0 aliphatic heterocycles. The highest BCUT2D eigenvalue weighted by atomic mass is 19.1. The Kier molecular flexibility index (Phi) is 2.52. The van der Waals surface area contributed by atoms with Gasteiger partial charge >= 0.3 is 11.1 Å². The minimum Gasteiger partial charge on any atom is -0.316 e. The van der Waals surface area contributed by atoms with Crippen LogP contribution in [0.1, 0.15) is 0 Å². The van der Waals surface area contributed by atoms with Crippen LogP contribution in [0.3, 0.4) is 0 Å². The Morgan fingerprint density at radius 2 is 1.74 bits per heavy atom. The van der Waals surface area contributed by atoms with E-state index in [0.29, 0.717) is 16.7 Å². The zero-order valence-corrected chi connectivity index (χ0v) is 9.76. The fourth-order valence-electron chi connectivity index (χ4n) is 2.02. The molecule has 3 rings (SSSR count). The molecule has 94 valence electrons. The van der Waals surface area contributed by atoms with Crippen LogP contribution in [0, 0.1) is 5.82 Å². The molecule has 1 N–H and O–H groups in total. The molecule has 2 aromatic carbocycles. The fourth-order valence-corrected chi connectivity index (χ4v) is 2.02. The van der Waals surface area contributed by atoms with Crippen molar-refractivity contribution in [3.8, 4) is 5.69 Å². The number of rotatable bonds is 1. The minimum absolute atomic E-state index is 0.329. The molecule has 0 spiro atoms. The average Bonchev–Trinajstić information content (AvgIpc) is 2.42. The first-order chi connectivity index (χ1) is 9.16. The molecule has 0 fully saturated rings. The van der Waals surface area contributed by atoms with Crippen LogP contribution in [-0.2, 0) is 0 Å². The van der Waals surface area contributed by atoms with E-state index >= 15 is 0 Å². The number of nitrogens with zero attached hydrogens (tertiary/aromatic N) is 1. The van der Waals surface area contributed by atoms with Gasteiger partial charge in [-0.1, -0.05) is 18.2 Å². The maximum absolute atomic E-state index is 13.4. The number of hydrogen-bond acceptors (Lipinski definition) is 2. The second-order valence-electron chi connectivity index (χ2n) is 4.09. The molecular formula is C14H9FN2O2. The number of fused-ring (bicyclic) bond motifs is 1. The van der Waals surface area contributed by atoms with Gasteiger partial charge in [0.05, 0.1) is 11.0 Å². The van der Waals surface area contributed by atoms with Gasteiger partial charge in [-0.15, -0.1) is 0 Å². The number of para-hydroxylation sites is 1. The Morgan fingerprint density at radius 1 is 1.00 bits per heavy atom. The molecule has 0 saturated carbocycles. The molecule has 0 atom stereocenters. The van der Waals surface area contributed by atoms with Gasteiger partial charge in [0.1, 0.15) is 5.82 Å². The van der Waals surface area contributed by atoms with Crippen LogP contribution in [-0.4, -0.2) is 9.55 Å². The van der Waals surface area contributed by atoms with Gasteiger partial charge < -0.3 is 4.98 Å². The number of H-pyrrole nitrogens is 1. The van der Waals surface area contributed by atoms with Crippen LogP contribution in [0.15, 0.2) is 58.1 Å². The molecule has 0 saturated heterocycles. The molecule has 19 heavy (non-hydrogen) atoms. The molecule has 0 unspecified atom stereocenters. The van der Waals surface area contributed by atoms with Crippen LogP contribution in [0.2, 0.25) is 0 Å². The number of aromatic nitrogens is 2. The number of benzene rings is 2. The van der Waals surface area contributed by atoms with E-state index in [1.165, 1.54) is 22.8 Å². The second-order valence-corrected chi connectivity index (χ2v) is 4.09. The zero-order chi connectivity index (χ0) is 13.4. The van der Waals surface area contributed by atoms with Gasteiger partial charge in [0.2, 0.25) is 0 Å². The lowest BCUT2D eigenvalue weighted by molar-refractivity contribution is 0.628. The van der Waals surface area contributed by atoms with Gasteiger partial charge in [0.25, 0.3) is 0 Å². The van der Waals surface area contributed by atoms with Gasteiger partial charge in [-0.05, 0) is 24.3 Å². The number of aromatic amines is 1. The van der Waals surface area contributed by atoms with Crippen LogP contribution in [0.4, 0.5) is 4.39 Å². The van der Waals surface area contributed by atoms with E-state index in [0.717, 1.165) is 0 Å². The summed E-state index contributed by atoms with van der Waals surface area (Å²) in [4.78, 5) is 26.1. The van der Waals surface area contributed by atoms with Gasteiger partial charge in [-0.25, -0.2) is 4.39 Å². The van der Waals surface area contributed by atoms with Crippen molar-refractivity contribution in [1.82, 2.24) is 9.55 Å². The molecule has 5 heteroatoms. The van der Waals surface area contributed by atoms with E-state index in [1.807, 2.05) is 0 Å². The van der Waals surface area contributed by atoms with E-state index in [-0.39, 0.29) is 0 Å². The highest BCUT2D eigenvalue weighted by Crippen LogP contribution is 2.14. The summed E-state index contributed by atoms with van der Waals surface area (Å²) < 4.78 is 14.6. The normalized spacial score (nSPS) is 10.8. The Bertz CT molecular complexity index is 866. The zero-order valence-electron chi connectivity index (χ0n) is 9.76. The third kappa shape index (κ3) is 1.85. The third-order valence-electron chi connectivity index (χ3n) is 2.86. The van der Waals surface area contributed by atoms with E-state index in [4.69, 9.17) is 0 Å². The molecule has 0 bridgehead atoms. The molecule has 4 nitrogen and oxygen atoms in total. The summed E-state index contributed by atoms with van der Waals surface area (Å²) in [6.07, 6.45) is 0. The quantitative estimate of drug-likeness (QED) is 0.675. The predicted molar refractivity (Wildman–Crippen MR) is 70.1 cm³/mol. The monoisotopic (exact) mass is 256 g/mol. The van der Waals surface area contributed by atoms with Gasteiger partial charge in [0.15, 0.2) is 0 Å². The summed E-state index contributed by atoms with van der Waals surface area (Å²) in [5.41, 5.74) is -0.202. The Morgan fingerprint density at radius 3 is 2.47 bits per heavy atom. The summed E-state index contributed by atoms with van der Waals surface area (Å²) >= 11 is 0. The second kappa shape index (κ2) is 4.20. The van der Waals surface area contributed by atoms with Gasteiger partial charge in [-0.2, -0.15) is 0 Å². The summed E-state index contributed by atoms with van der Waals surface area (Å²) in [5, 5.41) is 0. The lowest BCUT2D eigenvalue weighted by Crippen LogP contribution is -2.35. The number of nitrogens with one attached hydrogen (secondary N) is 1. The van der Waals surface area contributed by atoms with Crippen molar-refractivity contribution in [2.45, 2.75) is 0 Å². The summed E-state index contributed by atoms with van der Waals surface area (Å²) in [6, 6.07) is 12.5. The molecule has 0 aliphatic rings. The van der Waals surface area contributed by atoms with E-state index < -0.39 is 16.9 Å². The third-order valence-corrected chi connectivity index (χ3v) is 2.86. The molecule has 0 aliphatic carbocycles. The van der Waals surface area contributed by atoms with Gasteiger partial charge in [-0.3, -0.25) is 14.2 Å². The van der Waals surface area contributed by atoms with Crippen LogP contribution >= 0.6 is 0 Å². The standard InChI is InChI=1S/C14H9FN2O2/c15-9-6-7-11-12(8-9)17(14(19)13(18)16-11)10-4-2-1-3-5-10/h1-8H,(H,16,18). The molecule has 1 aromatic heterocycles. The Balaban J connectivity index is 2.52. The Labute approximate surface area is 106 Å². The predicted octanol–water partition coefficient (Wildman–Crippen LogP) is 1.82. The highest BCUT2D eigenvalue weighted by molar-refractivity contribution is 5.76. The maximum atomic E-state index is 13.4. The molecule has 0 radical (unpaired) electrons. The molecular weight excluding hydrogens is 247 g/mol. The smallest absolute Gasteiger partial charge is 0.316 e.